The third-order valence-electron chi connectivity index (χ3n) is 3.92. The highest BCUT2D eigenvalue weighted by Crippen LogP contribution is 2.20. The molecule has 0 spiro atoms. The van der Waals surface area contributed by atoms with Gasteiger partial charge in [-0.3, -0.25) is 14.7 Å². The molecule has 1 aromatic rings. The maximum Gasteiger partial charge on any atom is 0.224 e. The number of carbonyl (C=O) groups excluding carboxylic acids is 1. The maximum atomic E-state index is 12.1. The zero-order valence-electron chi connectivity index (χ0n) is 13.5. The van der Waals surface area contributed by atoms with E-state index in [0.717, 1.165) is 49.6 Å². The number of aryl methyl sites for hydroxylation is 1. The lowest BCUT2D eigenvalue weighted by Gasteiger charge is -2.31. The van der Waals surface area contributed by atoms with Gasteiger partial charge in [-0.25, -0.2) is 0 Å². The molecular weight excluding hydrogens is 280 g/mol. The Kier molecular flexibility index (Phi) is 6.15. The van der Waals surface area contributed by atoms with Gasteiger partial charge in [0.05, 0.1) is 18.7 Å². The fourth-order valence-corrected chi connectivity index (χ4v) is 2.88. The van der Waals surface area contributed by atoms with E-state index in [2.05, 4.69) is 15.2 Å². The van der Waals surface area contributed by atoms with Crippen molar-refractivity contribution in [3.63, 3.8) is 0 Å². The second kappa shape index (κ2) is 8.10. The normalized spacial score (nSPS) is 19.0. The molecule has 2 rings (SSSR count). The summed E-state index contributed by atoms with van der Waals surface area (Å²) < 4.78 is 5.29. The predicted molar refractivity (Wildman–Crippen MR) is 85.6 cm³/mol. The number of rotatable bonds is 6. The molecule has 0 aliphatic carbocycles. The Morgan fingerprint density at radius 1 is 1.55 bits per heavy atom. The molecule has 1 aliphatic heterocycles. The zero-order valence-corrected chi connectivity index (χ0v) is 13.5. The summed E-state index contributed by atoms with van der Waals surface area (Å²) in [4.78, 5) is 18.9. The lowest BCUT2D eigenvalue weighted by atomic mass is 9.97. The van der Waals surface area contributed by atoms with Crippen LogP contribution in [-0.2, 0) is 11.3 Å². The molecule has 1 amide bonds. The molecule has 0 saturated carbocycles. The van der Waals surface area contributed by atoms with E-state index in [0.29, 0.717) is 13.1 Å². The summed E-state index contributed by atoms with van der Waals surface area (Å²) in [6.45, 7) is 5.51. The van der Waals surface area contributed by atoms with Crippen LogP contribution in [0.3, 0.4) is 0 Å². The van der Waals surface area contributed by atoms with Gasteiger partial charge in [0.25, 0.3) is 0 Å². The topological polar surface area (TPSA) is 80.5 Å². The van der Waals surface area contributed by atoms with Crippen LogP contribution in [0.1, 0.15) is 24.2 Å². The average molecular weight is 306 g/mol. The molecule has 0 bridgehead atoms. The first-order valence-corrected chi connectivity index (χ1v) is 7.84. The van der Waals surface area contributed by atoms with Gasteiger partial charge in [0.1, 0.15) is 5.75 Å². The van der Waals surface area contributed by atoms with E-state index in [1.165, 1.54) is 0 Å². The minimum Gasteiger partial charge on any atom is -0.497 e. The molecule has 1 fully saturated rings. The average Bonchev–Trinajstić information content (AvgIpc) is 2.52. The molecule has 1 aliphatic rings. The Morgan fingerprint density at radius 2 is 2.36 bits per heavy atom. The summed E-state index contributed by atoms with van der Waals surface area (Å²) in [6.07, 6.45) is 1.97. The molecule has 1 unspecified atom stereocenters. The van der Waals surface area contributed by atoms with E-state index in [9.17, 15) is 4.79 Å². The highest BCUT2D eigenvalue weighted by atomic mass is 16.5. The second-order valence-corrected chi connectivity index (χ2v) is 5.79. The summed E-state index contributed by atoms with van der Waals surface area (Å²) in [6, 6.07) is 3.88. The molecule has 6 nitrogen and oxygen atoms in total. The summed E-state index contributed by atoms with van der Waals surface area (Å²) >= 11 is 0. The van der Waals surface area contributed by atoms with Crippen LogP contribution in [0, 0.1) is 12.8 Å². The number of nitrogens with one attached hydrogen (secondary N) is 1. The Morgan fingerprint density at radius 3 is 3.09 bits per heavy atom. The molecule has 0 aromatic carbocycles. The van der Waals surface area contributed by atoms with E-state index in [4.69, 9.17) is 10.5 Å². The van der Waals surface area contributed by atoms with Crippen molar-refractivity contribution in [3.05, 3.63) is 23.5 Å². The van der Waals surface area contributed by atoms with Crippen LogP contribution in [0.5, 0.6) is 5.75 Å². The molecule has 22 heavy (non-hydrogen) atoms. The van der Waals surface area contributed by atoms with Crippen LogP contribution >= 0.6 is 0 Å². The number of amides is 1. The molecule has 6 heteroatoms. The minimum absolute atomic E-state index is 0.0482. The van der Waals surface area contributed by atoms with Crippen molar-refractivity contribution in [2.45, 2.75) is 26.3 Å². The number of methoxy groups -OCH3 is 1. The predicted octanol–water partition coefficient (Wildman–Crippen LogP) is 0.686. The first kappa shape index (κ1) is 16.7. The highest BCUT2D eigenvalue weighted by molar-refractivity contribution is 5.78. The van der Waals surface area contributed by atoms with Crippen molar-refractivity contribution >= 4 is 5.91 Å². The second-order valence-electron chi connectivity index (χ2n) is 5.79. The SMILES string of the molecule is COc1cc(C)nc(CN2CCCC(C(=O)NCCN)C2)c1. The molecule has 1 atom stereocenters. The van der Waals surface area contributed by atoms with Crippen molar-refractivity contribution in [2.24, 2.45) is 11.7 Å². The molecule has 1 saturated heterocycles. The van der Waals surface area contributed by atoms with E-state index in [1.807, 2.05) is 19.1 Å². The van der Waals surface area contributed by atoms with Gasteiger partial charge >= 0.3 is 0 Å². The smallest absolute Gasteiger partial charge is 0.224 e. The van der Waals surface area contributed by atoms with Crippen molar-refractivity contribution in [3.8, 4) is 5.75 Å². The number of nitrogens with two attached hydrogens (primary N) is 1. The van der Waals surface area contributed by atoms with Crippen LogP contribution in [0.25, 0.3) is 0 Å². The first-order valence-electron chi connectivity index (χ1n) is 7.84. The molecule has 2 heterocycles. The van der Waals surface area contributed by atoms with Crippen molar-refractivity contribution in [1.82, 2.24) is 15.2 Å². The first-order chi connectivity index (χ1) is 10.6. The lowest BCUT2D eigenvalue weighted by molar-refractivity contribution is -0.126. The van der Waals surface area contributed by atoms with Crippen molar-refractivity contribution in [1.29, 1.82) is 0 Å². The lowest BCUT2D eigenvalue weighted by Crippen LogP contribution is -2.43. The van der Waals surface area contributed by atoms with E-state index in [1.54, 1.807) is 7.11 Å². The zero-order chi connectivity index (χ0) is 15.9. The number of aromatic nitrogens is 1. The molecule has 1 aromatic heterocycles. The van der Waals surface area contributed by atoms with Crippen LogP contribution in [0.2, 0.25) is 0 Å². The Bertz CT molecular complexity index is 507. The molecule has 0 radical (unpaired) electrons. The highest BCUT2D eigenvalue weighted by Gasteiger charge is 2.25. The maximum absolute atomic E-state index is 12.1. The summed E-state index contributed by atoms with van der Waals surface area (Å²) in [7, 11) is 1.66. The number of pyridine rings is 1. The van der Waals surface area contributed by atoms with Gasteiger partial charge in [0.2, 0.25) is 5.91 Å². The number of hydrogen-bond acceptors (Lipinski definition) is 5. The standard InChI is InChI=1S/C16H26N4O2/c1-12-8-15(22-2)9-14(19-12)11-20-7-3-4-13(10-20)16(21)18-6-5-17/h8-9,13H,3-7,10-11,17H2,1-2H3,(H,18,21). The fourth-order valence-electron chi connectivity index (χ4n) is 2.88. The summed E-state index contributed by atoms with van der Waals surface area (Å²) in [5.74, 6) is 0.994. The third-order valence-corrected chi connectivity index (χ3v) is 3.92. The van der Waals surface area contributed by atoms with Gasteiger partial charge in [-0.1, -0.05) is 0 Å². The number of hydrogen-bond donors (Lipinski definition) is 2. The number of nitrogens with zero attached hydrogens (tertiary/aromatic N) is 2. The van der Waals surface area contributed by atoms with E-state index in [-0.39, 0.29) is 11.8 Å². The molecule has 122 valence electrons. The van der Waals surface area contributed by atoms with Gasteiger partial charge < -0.3 is 15.8 Å². The van der Waals surface area contributed by atoms with Crippen LogP contribution in [-0.4, -0.2) is 49.1 Å². The van der Waals surface area contributed by atoms with E-state index >= 15 is 0 Å². The quantitative estimate of drug-likeness (QED) is 0.808. The largest absolute Gasteiger partial charge is 0.497 e. The Labute approximate surface area is 132 Å². The summed E-state index contributed by atoms with van der Waals surface area (Å²) in [5.41, 5.74) is 7.37. The fraction of sp³-hybridized carbons (Fsp3) is 0.625. The van der Waals surface area contributed by atoms with Gasteiger partial charge in [0, 0.05) is 44.0 Å². The minimum atomic E-state index is 0.0482. The third kappa shape index (κ3) is 4.68. The van der Waals surface area contributed by atoms with Gasteiger partial charge in [0.15, 0.2) is 0 Å². The number of likely N-dealkylation sites (tertiary alicyclic amines) is 1. The number of piperidine rings is 1. The van der Waals surface area contributed by atoms with Crippen molar-refractivity contribution < 1.29 is 9.53 Å². The number of carbonyl (C=O) groups is 1. The molecule has 3 N–H and O–H groups in total. The Hall–Kier alpha value is -1.66. The van der Waals surface area contributed by atoms with Crippen LogP contribution in [0.15, 0.2) is 12.1 Å². The van der Waals surface area contributed by atoms with Crippen LogP contribution in [0.4, 0.5) is 0 Å². The Balaban J connectivity index is 1.95. The van der Waals surface area contributed by atoms with Gasteiger partial charge in [-0.05, 0) is 26.3 Å². The van der Waals surface area contributed by atoms with Gasteiger partial charge in [-0.2, -0.15) is 0 Å². The van der Waals surface area contributed by atoms with Crippen LogP contribution < -0.4 is 15.8 Å². The monoisotopic (exact) mass is 306 g/mol. The summed E-state index contributed by atoms with van der Waals surface area (Å²) in [5, 5.41) is 2.89. The van der Waals surface area contributed by atoms with Gasteiger partial charge in [-0.15, -0.1) is 0 Å². The van der Waals surface area contributed by atoms with E-state index < -0.39 is 0 Å². The molecular formula is C16H26N4O2. The van der Waals surface area contributed by atoms with Crippen molar-refractivity contribution in [2.75, 3.05) is 33.3 Å². The number of ether oxygens (including phenoxy) is 1.